The average molecular weight is 164 g/mol. The summed E-state index contributed by atoms with van der Waals surface area (Å²) < 4.78 is 10.1. The Bertz CT molecular complexity index is 55.5. The summed E-state index contributed by atoms with van der Waals surface area (Å²) in [5.74, 6) is 0. The zero-order valence-electron chi connectivity index (χ0n) is 6.52. The van der Waals surface area contributed by atoms with Crippen molar-refractivity contribution in [3.8, 4) is 0 Å². The van der Waals surface area contributed by atoms with Gasteiger partial charge in [-0.3, -0.25) is 0 Å². The fourth-order valence-electron chi connectivity index (χ4n) is 0.450. The van der Waals surface area contributed by atoms with E-state index in [1.165, 1.54) is 0 Å². The van der Waals surface area contributed by atoms with E-state index in [1.54, 1.807) is 7.11 Å². The van der Waals surface area contributed by atoms with Crippen LogP contribution in [0.5, 0.6) is 0 Å². The fourth-order valence-corrected chi connectivity index (χ4v) is 0.450. The van der Waals surface area contributed by atoms with E-state index in [4.69, 9.17) is 9.47 Å². The topological polar surface area (TPSA) is 18.5 Å². The van der Waals surface area contributed by atoms with E-state index in [1.807, 2.05) is 0 Å². The first-order chi connectivity index (χ1) is 4.31. The number of ether oxygens (including phenoxy) is 2. The Morgan fingerprint density at radius 2 is 1.73 bits per heavy atom. The summed E-state index contributed by atoms with van der Waals surface area (Å²) in [6.07, 6.45) is 1.45. The molecule has 0 fully saturated rings. The predicted molar refractivity (Wildman–Crippen MR) is 51.0 cm³/mol. The highest BCUT2D eigenvalue weighted by Crippen LogP contribution is 1.93. The SMILES string of the molecule is C.C.CCC(C)OCCOC. The van der Waals surface area contributed by atoms with Crippen molar-refractivity contribution in [3.63, 3.8) is 0 Å². The largest absolute Gasteiger partial charge is 0.382 e. The first-order valence-electron chi connectivity index (χ1n) is 3.41. The lowest BCUT2D eigenvalue weighted by atomic mass is 10.3. The Balaban J connectivity index is -0.000000320. The van der Waals surface area contributed by atoms with Gasteiger partial charge in [0.1, 0.15) is 0 Å². The number of hydrogen-bond donors (Lipinski definition) is 0. The maximum atomic E-state index is 5.31. The van der Waals surface area contributed by atoms with Gasteiger partial charge >= 0.3 is 0 Å². The maximum absolute atomic E-state index is 5.31. The summed E-state index contributed by atoms with van der Waals surface area (Å²) in [6.45, 7) is 5.59. The molecule has 0 spiro atoms. The molecule has 0 aromatic rings. The third-order valence-electron chi connectivity index (χ3n) is 1.26. The first-order valence-corrected chi connectivity index (χ1v) is 3.41. The van der Waals surface area contributed by atoms with Gasteiger partial charge in [-0.15, -0.1) is 0 Å². The smallest absolute Gasteiger partial charge is 0.0703 e. The molecular weight excluding hydrogens is 140 g/mol. The minimum absolute atomic E-state index is 0. The van der Waals surface area contributed by atoms with Crippen LogP contribution in [0.15, 0.2) is 0 Å². The van der Waals surface area contributed by atoms with E-state index < -0.39 is 0 Å². The molecule has 0 N–H and O–H groups in total. The Morgan fingerprint density at radius 1 is 1.18 bits per heavy atom. The lowest BCUT2D eigenvalue weighted by molar-refractivity contribution is 0.0248. The van der Waals surface area contributed by atoms with Gasteiger partial charge in [-0.2, -0.15) is 0 Å². The molecule has 1 unspecified atom stereocenters. The van der Waals surface area contributed by atoms with E-state index in [-0.39, 0.29) is 14.9 Å². The molecule has 0 saturated carbocycles. The second-order valence-corrected chi connectivity index (χ2v) is 2.08. The van der Waals surface area contributed by atoms with Gasteiger partial charge in [0.2, 0.25) is 0 Å². The van der Waals surface area contributed by atoms with Gasteiger partial charge in [-0.1, -0.05) is 21.8 Å². The van der Waals surface area contributed by atoms with Crippen molar-refractivity contribution < 1.29 is 9.47 Å². The van der Waals surface area contributed by atoms with Crippen molar-refractivity contribution >= 4 is 0 Å². The molecule has 0 heterocycles. The highest BCUT2D eigenvalue weighted by Gasteiger charge is 1.95. The van der Waals surface area contributed by atoms with Crippen molar-refractivity contribution in [2.75, 3.05) is 20.3 Å². The van der Waals surface area contributed by atoms with Gasteiger partial charge in [-0.05, 0) is 13.3 Å². The molecule has 72 valence electrons. The normalized spacial score (nSPS) is 11.2. The van der Waals surface area contributed by atoms with E-state index >= 15 is 0 Å². The monoisotopic (exact) mass is 164 g/mol. The quantitative estimate of drug-likeness (QED) is 0.582. The minimum atomic E-state index is 0. The van der Waals surface area contributed by atoms with Crippen LogP contribution in [0.25, 0.3) is 0 Å². The third kappa shape index (κ3) is 13.0. The summed E-state index contributed by atoms with van der Waals surface area (Å²) in [5.41, 5.74) is 0. The van der Waals surface area contributed by atoms with Crippen molar-refractivity contribution in [2.45, 2.75) is 41.2 Å². The molecule has 0 aromatic carbocycles. The van der Waals surface area contributed by atoms with Crippen LogP contribution in [0.4, 0.5) is 0 Å². The second-order valence-electron chi connectivity index (χ2n) is 2.08. The minimum Gasteiger partial charge on any atom is -0.382 e. The molecule has 0 rings (SSSR count). The Hall–Kier alpha value is -0.0800. The molecule has 0 aliphatic carbocycles. The molecule has 0 aliphatic heterocycles. The van der Waals surface area contributed by atoms with Gasteiger partial charge in [0, 0.05) is 7.11 Å². The first kappa shape index (κ1) is 17.1. The van der Waals surface area contributed by atoms with Gasteiger partial charge in [0.25, 0.3) is 0 Å². The van der Waals surface area contributed by atoms with Gasteiger partial charge in [0.05, 0.1) is 19.3 Å². The standard InChI is InChI=1S/C7H16O2.2CH4/c1-4-7(2)9-6-5-8-3;;/h7H,4-6H2,1-3H3;2*1H4. The van der Waals surface area contributed by atoms with Crippen LogP contribution in [0, 0.1) is 0 Å². The average Bonchev–Trinajstić information content (AvgIpc) is 1.89. The molecule has 11 heavy (non-hydrogen) atoms. The summed E-state index contributed by atoms with van der Waals surface area (Å²) in [5, 5.41) is 0. The molecule has 0 aliphatic rings. The highest BCUT2D eigenvalue weighted by atomic mass is 16.5. The lowest BCUT2D eigenvalue weighted by Crippen LogP contribution is -2.10. The predicted octanol–water partition coefficient (Wildman–Crippen LogP) is 2.72. The van der Waals surface area contributed by atoms with Crippen molar-refractivity contribution in [2.24, 2.45) is 0 Å². The van der Waals surface area contributed by atoms with Crippen LogP contribution in [0.3, 0.4) is 0 Å². The zero-order chi connectivity index (χ0) is 7.11. The van der Waals surface area contributed by atoms with E-state index in [9.17, 15) is 0 Å². The van der Waals surface area contributed by atoms with E-state index in [0.717, 1.165) is 6.42 Å². The van der Waals surface area contributed by atoms with Crippen LogP contribution in [0.1, 0.15) is 35.1 Å². The molecule has 2 heteroatoms. The van der Waals surface area contributed by atoms with Crippen LogP contribution in [-0.4, -0.2) is 26.4 Å². The fraction of sp³-hybridized carbons (Fsp3) is 1.00. The lowest BCUT2D eigenvalue weighted by Gasteiger charge is -2.08. The van der Waals surface area contributed by atoms with Crippen molar-refractivity contribution in [3.05, 3.63) is 0 Å². The molecule has 0 amide bonds. The van der Waals surface area contributed by atoms with Crippen LogP contribution in [-0.2, 0) is 9.47 Å². The van der Waals surface area contributed by atoms with Gasteiger partial charge in [0.15, 0.2) is 0 Å². The maximum Gasteiger partial charge on any atom is 0.0703 e. The molecule has 1 atom stereocenters. The summed E-state index contributed by atoms with van der Waals surface area (Å²) in [7, 11) is 1.68. The van der Waals surface area contributed by atoms with Gasteiger partial charge < -0.3 is 9.47 Å². The number of hydrogen-bond acceptors (Lipinski definition) is 2. The molecular formula is C9H24O2. The summed E-state index contributed by atoms with van der Waals surface area (Å²) in [6, 6.07) is 0. The Labute approximate surface area is 71.9 Å². The van der Waals surface area contributed by atoms with Crippen LogP contribution in [0.2, 0.25) is 0 Å². The molecule has 0 radical (unpaired) electrons. The molecule has 0 aromatic heterocycles. The zero-order valence-corrected chi connectivity index (χ0v) is 6.52. The Kier molecular flexibility index (Phi) is 19.6. The van der Waals surface area contributed by atoms with Gasteiger partial charge in [-0.25, -0.2) is 0 Å². The highest BCUT2D eigenvalue weighted by molar-refractivity contribution is 4.42. The van der Waals surface area contributed by atoms with E-state index in [2.05, 4.69) is 13.8 Å². The van der Waals surface area contributed by atoms with Crippen molar-refractivity contribution in [1.82, 2.24) is 0 Å². The molecule has 2 nitrogen and oxygen atoms in total. The van der Waals surface area contributed by atoms with Crippen LogP contribution >= 0.6 is 0 Å². The summed E-state index contributed by atoms with van der Waals surface area (Å²) >= 11 is 0. The number of rotatable bonds is 5. The van der Waals surface area contributed by atoms with E-state index in [0.29, 0.717) is 19.3 Å². The Morgan fingerprint density at radius 3 is 2.09 bits per heavy atom. The third-order valence-corrected chi connectivity index (χ3v) is 1.26. The molecule has 0 bridgehead atoms. The number of methoxy groups -OCH3 is 1. The van der Waals surface area contributed by atoms with Crippen LogP contribution < -0.4 is 0 Å². The second kappa shape index (κ2) is 12.6. The summed E-state index contributed by atoms with van der Waals surface area (Å²) in [4.78, 5) is 0. The van der Waals surface area contributed by atoms with Crippen molar-refractivity contribution in [1.29, 1.82) is 0 Å². The molecule has 0 saturated heterocycles.